The molecule has 1 aromatic carbocycles. The molecular weight excluding hydrogens is 288 g/mol. The summed E-state index contributed by atoms with van der Waals surface area (Å²) in [5, 5.41) is 2.81. The van der Waals surface area contributed by atoms with Crippen LogP contribution in [0.2, 0.25) is 5.02 Å². The second kappa shape index (κ2) is 6.45. The van der Waals surface area contributed by atoms with Crippen LogP contribution in [0.5, 0.6) is 5.75 Å². The smallest absolute Gasteiger partial charge is 0.236 e. The van der Waals surface area contributed by atoms with E-state index in [1.54, 1.807) is 33.0 Å². The van der Waals surface area contributed by atoms with Gasteiger partial charge < -0.3 is 10.1 Å². The fraction of sp³-hybridized carbons (Fsp3) is 0.500. The van der Waals surface area contributed by atoms with Crippen LogP contribution >= 0.6 is 11.6 Å². The van der Waals surface area contributed by atoms with Gasteiger partial charge in [-0.1, -0.05) is 11.6 Å². The average Bonchev–Trinajstić information content (AvgIpc) is 2.33. The van der Waals surface area contributed by atoms with Crippen molar-refractivity contribution in [3.05, 3.63) is 22.7 Å². The highest BCUT2D eigenvalue weighted by Crippen LogP contribution is 2.31. The van der Waals surface area contributed by atoms with E-state index >= 15 is 0 Å². The molecule has 1 rings (SSSR count). The first kappa shape index (κ1) is 16.1. The van der Waals surface area contributed by atoms with E-state index in [1.807, 2.05) is 0 Å². The van der Waals surface area contributed by atoms with Gasteiger partial charge in [-0.15, -0.1) is 0 Å². The SMILES string of the molecule is CNCC(C)S(=O)(=O)Nc1cc(C)c(Cl)cc1OC. The van der Waals surface area contributed by atoms with Gasteiger partial charge in [0.1, 0.15) is 5.75 Å². The van der Waals surface area contributed by atoms with Crippen LogP contribution in [-0.4, -0.2) is 34.4 Å². The molecule has 0 aliphatic rings. The molecule has 0 aromatic heterocycles. The number of rotatable bonds is 6. The predicted octanol–water partition coefficient (Wildman–Crippen LogP) is 2.01. The molecule has 0 fully saturated rings. The van der Waals surface area contributed by atoms with E-state index < -0.39 is 15.3 Å². The average molecular weight is 307 g/mol. The van der Waals surface area contributed by atoms with Crippen LogP contribution in [0.4, 0.5) is 5.69 Å². The highest BCUT2D eigenvalue weighted by molar-refractivity contribution is 7.93. The van der Waals surface area contributed by atoms with E-state index in [1.165, 1.54) is 7.11 Å². The Morgan fingerprint density at radius 2 is 2.05 bits per heavy atom. The van der Waals surface area contributed by atoms with Gasteiger partial charge in [0, 0.05) is 17.6 Å². The summed E-state index contributed by atoms with van der Waals surface area (Å²) in [6.45, 7) is 3.80. The lowest BCUT2D eigenvalue weighted by Gasteiger charge is -2.17. The Labute approximate surface area is 119 Å². The Morgan fingerprint density at radius 1 is 1.42 bits per heavy atom. The minimum Gasteiger partial charge on any atom is -0.495 e. The first-order valence-corrected chi connectivity index (χ1v) is 7.74. The Bertz CT molecular complexity index is 546. The number of anilines is 1. The molecule has 0 saturated heterocycles. The van der Waals surface area contributed by atoms with Crippen LogP contribution in [0.15, 0.2) is 12.1 Å². The second-order valence-corrected chi connectivity index (χ2v) is 6.82. The van der Waals surface area contributed by atoms with Gasteiger partial charge in [-0.2, -0.15) is 0 Å². The molecule has 0 heterocycles. The van der Waals surface area contributed by atoms with E-state index in [2.05, 4.69) is 10.0 Å². The van der Waals surface area contributed by atoms with Crippen LogP contribution < -0.4 is 14.8 Å². The molecule has 19 heavy (non-hydrogen) atoms. The quantitative estimate of drug-likeness (QED) is 0.843. The predicted molar refractivity (Wildman–Crippen MR) is 78.7 cm³/mol. The zero-order valence-corrected chi connectivity index (χ0v) is 13.0. The molecule has 1 unspecified atom stereocenters. The Balaban J connectivity index is 3.08. The zero-order chi connectivity index (χ0) is 14.6. The van der Waals surface area contributed by atoms with Gasteiger partial charge in [0.05, 0.1) is 18.0 Å². The van der Waals surface area contributed by atoms with Crippen LogP contribution in [-0.2, 0) is 10.0 Å². The molecule has 0 radical (unpaired) electrons. The first-order valence-electron chi connectivity index (χ1n) is 5.82. The highest BCUT2D eigenvalue weighted by Gasteiger charge is 2.21. The number of halogens is 1. The third-order valence-corrected chi connectivity index (χ3v) is 4.89. The van der Waals surface area contributed by atoms with E-state index in [9.17, 15) is 8.42 Å². The lowest BCUT2D eigenvalue weighted by Crippen LogP contribution is -2.33. The van der Waals surface area contributed by atoms with Gasteiger partial charge in [-0.25, -0.2) is 8.42 Å². The van der Waals surface area contributed by atoms with Gasteiger partial charge in [0.2, 0.25) is 10.0 Å². The Morgan fingerprint density at radius 3 is 2.58 bits per heavy atom. The maximum Gasteiger partial charge on any atom is 0.236 e. The van der Waals surface area contributed by atoms with Gasteiger partial charge in [-0.3, -0.25) is 4.72 Å². The monoisotopic (exact) mass is 306 g/mol. The van der Waals surface area contributed by atoms with Gasteiger partial charge in [0.25, 0.3) is 0 Å². The largest absolute Gasteiger partial charge is 0.495 e. The summed E-state index contributed by atoms with van der Waals surface area (Å²) in [4.78, 5) is 0. The van der Waals surface area contributed by atoms with Crippen LogP contribution in [0.1, 0.15) is 12.5 Å². The van der Waals surface area contributed by atoms with Gasteiger partial charge in [-0.05, 0) is 32.5 Å². The summed E-state index contributed by atoms with van der Waals surface area (Å²) in [5.74, 6) is 0.399. The molecule has 0 amide bonds. The minimum absolute atomic E-state index is 0.365. The summed E-state index contributed by atoms with van der Waals surface area (Å²) >= 11 is 5.98. The topological polar surface area (TPSA) is 67.4 Å². The van der Waals surface area contributed by atoms with Crippen molar-refractivity contribution in [1.29, 1.82) is 0 Å². The number of ether oxygens (including phenoxy) is 1. The first-order chi connectivity index (χ1) is 8.81. The van der Waals surface area contributed by atoms with Crippen molar-refractivity contribution in [2.24, 2.45) is 0 Å². The van der Waals surface area contributed by atoms with Crippen LogP contribution in [0.25, 0.3) is 0 Å². The zero-order valence-electron chi connectivity index (χ0n) is 11.5. The number of hydrogen-bond acceptors (Lipinski definition) is 4. The summed E-state index contributed by atoms with van der Waals surface area (Å²) in [7, 11) is -0.298. The number of nitrogens with one attached hydrogen (secondary N) is 2. The summed E-state index contributed by atoms with van der Waals surface area (Å²) < 4.78 is 31.9. The maximum absolute atomic E-state index is 12.1. The standard InChI is InChI=1S/C12H19ClN2O3S/c1-8-5-11(12(18-4)6-10(8)13)15-19(16,17)9(2)7-14-3/h5-6,9,14-15H,7H2,1-4H3. The second-order valence-electron chi connectivity index (χ2n) is 4.32. The van der Waals surface area contributed by atoms with Crippen molar-refractivity contribution in [3.63, 3.8) is 0 Å². The minimum atomic E-state index is -3.47. The third-order valence-electron chi connectivity index (χ3n) is 2.75. The van der Waals surface area contributed by atoms with Gasteiger partial charge >= 0.3 is 0 Å². The van der Waals surface area contributed by atoms with E-state index in [-0.39, 0.29) is 0 Å². The van der Waals surface area contributed by atoms with E-state index in [4.69, 9.17) is 16.3 Å². The molecule has 0 aliphatic carbocycles. The molecule has 0 spiro atoms. The molecule has 0 bridgehead atoms. The Kier molecular flexibility index (Phi) is 5.46. The molecular formula is C12H19ClN2O3S. The normalized spacial score (nSPS) is 13.1. The molecule has 5 nitrogen and oxygen atoms in total. The van der Waals surface area contributed by atoms with Crippen LogP contribution in [0, 0.1) is 6.92 Å². The van der Waals surface area contributed by atoms with Crippen molar-refractivity contribution in [1.82, 2.24) is 5.32 Å². The van der Waals surface area contributed by atoms with Crippen molar-refractivity contribution in [3.8, 4) is 5.75 Å². The number of aryl methyl sites for hydroxylation is 1. The number of methoxy groups -OCH3 is 1. The van der Waals surface area contributed by atoms with Crippen molar-refractivity contribution >= 4 is 27.3 Å². The van der Waals surface area contributed by atoms with E-state index in [0.29, 0.717) is 23.0 Å². The molecule has 1 aromatic rings. The molecule has 2 N–H and O–H groups in total. The van der Waals surface area contributed by atoms with Gasteiger partial charge in [0.15, 0.2) is 0 Å². The van der Waals surface area contributed by atoms with Crippen molar-refractivity contribution in [2.75, 3.05) is 25.4 Å². The van der Waals surface area contributed by atoms with Crippen LogP contribution in [0.3, 0.4) is 0 Å². The number of sulfonamides is 1. The molecule has 108 valence electrons. The number of hydrogen-bond donors (Lipinski definition) is 2. The molecule has 1 atom stereocenters. The molecule has 0 saturated carbocycles. The Hall–Kier alpha value is -0.980. The molecule has 7 heteroatoms. The summed E-state index contributed by atoms with van der Waals surface area (Å²) in [6.07, 6.45) is 0. The highest BCUT2D eigenvalue weighted by atomic mass is 35.5. The maximum atomic E-state index is 12.1. The lowest BCUT2D eigenvalue weighted by molar-refractivity contribution is 0.417. The van der Waals surface area contributed by atoms with Crippen molar-refractivity contribution in [2.45, 2.75) is 19.1 Å². The summed E-state index contributed by atoms with van der Waals surface area (Å²) in [6, 6.07) is 3.25. The summed E-state index contributed by atoms with van der Waals surface area (Å²) in [5.41, 5.74) is 1.17. The lowest BCUT2D eigenvalue weighted by atomic mass is 10.2. The van der Waals surface area contributed by atoms with Crippen molar-refractivity contribution < 1.29 is 13.2 Å². The third kappa shape index (κ3) is 3.99. The fourth-order valence-electron chi connectivity index (χ4n) is 1.56. The van der Waals surface area contributed by atoms with E-state index in [0.717, 1.165) is 5.56 Å². The molecule has 0 aliphatic heterocycles. The fourth-order valence-corrected chi connectivity index (χ4v) is 2.77. The number of benzene rings is 1.